The summed E-state index contributed by atoms with van der Waals surface area (Å²) in [5.41, 5.74) is 8.04. The normalized spacial score (nSPS) is 11.6. The average molecular weight is 364 g/mol. The van der Waals surface area contributed by atoms with Crippen molar-refractivity contribution in [1.29, 1.82) is 0 Å². The minimum absolute atomic E-state index is 0.109. The minimum Gasteiger partial charge on any atom is -0.495 e. The van der Waals surface area contributed by atoms with Crippen LogP contribution in [-0.4, -0.2) is 13.0 Å². The first-order valence-corrected chi connectivity index (χ1v) is 9.06. The van der Waals surface area contributed by atoms with E-state index in [1.54, 1.807) is 7.11 Å². The molecule has 4 nitrogen and oxygen atoms in total. The Labute approximate surface area is 157 Å². The summed E-state index contributed by atoms with van der Waals surface area (Å²) in [6.07, 6.45) is 0. The SMILES string of the molecule is COc1ccccc1NC(=O)C(Sc1ccc(N)cc1)c1ccccc1. The molecule has 0 radical (unpaired) electrons. The second kappa shape index (κ2) is 8.45. The van der Waals surface area contributed by atoms with Gasteiger partial charge in [-0.25, -0.2) is 0 Å². The number of methoxy groups -OCH3 is 1. The zero-order valence-electron chi connectivity index (χ0n) is 14.4. The number of hydrogen-bond acceptors (Lipinski definition) is 4. The van der Waals surface area contributed by atoms with Crippen molar-refractivity contribution in [1.82, 2.24) is 0 Å². The highest BCUT2D eigenvalue weighted by atomic mass is 32.2. The highest BCUT2D eigenvalue weighted by molar-refractivity contribution is 8.00. The van der Waals surface area contributed by atoms with E-state index < -0.39 is 5.25 Å². The van der Waals surface area contributed by atoms with Crippen molar-refractivity contribution in [3.8, 4) is 5.75 Å². The summed E-state index contributed by atoms with van der Waals surface area (Å²) in [6.45, 7) is 0. The van der Waals surface area contributed by atoms with E-state index in [2.05, 4.69) is 5.32 Å². The molecule has 132 valence electrons. The molecule has 0 spiro atoms. The van der Waals surface area contributed by atoms with Gasteiger partial charge in [0.05, 0.1) is 12.8 Å². The molecule has 0 fully saturated rings. The van der Waals surface area contributed by atoms with Crippen LogP contribution in [0.15, 0.2) is 83.8 Å². The van der Waals surface area contributed by atoms with Crippen molar-refractivity contribution in [3.63, 3.8) is 0 Å². The molecule has 26 heavy (non-hydrogen) atoms. The van der Waals surface area contributed by atoms with E-state index in [0.717, 1.165) is 10.5 Å². The highest BCUT2D eigenvalue weighted by Crippen LogP contribution is 2.37. The summed E-state index contributed by atoms with van der Waals surface area (Å²) < 4.78 is 5.33. The molecule has 0 saturated carbocycles. The summed E-state index contributed by atoms with van der Waals surface area (Å²) in [5.74, 6) is 0.521. The fourth-order valence-corrected chi connectivity index (χ4v) is 3.55. The molecule has 0 aliphatic carbocycles. The quantitative estimate of drug-likeness (QED) is 0.489. The zero-order chi connectivity index (χ0) is 18.4. The monoisotopic (exact) mass is 364 g/mol. The van der Waals surface area contributed by atoms with E-state index in [1.807, 2.05) is 78.9 Å². The van der Waals surface area contributed by atoms with Gasteiger partial charge in [0, 0.05) is 10.6 Å². The van der Waals surface area contributed by atoms with Gasteiger partial charge in [-0.2, -0.15) is 0 Å². The standard InChI is InChI=1S/C21H20N2O2S/c1-25-19-10-6-5-9-18(19)23-21(24)20(15-7-3-2-4-8-15)26-17-13-11-16(22)12-14-17/h2-14,20H,22H2,1H3,(H,23,24). The summed E-state index contributed by atoms with van der Waals surface area (Å²) in [6, 6.07) is 24.6. The van der Waals surface area contributed by atoms with Crippen LogP contribution in [0.25, 0.3) is 0 Å². The Balaban J connectivity index is 1.87. The zero-order valence-corrected chi connectivity index (χ0v) is 15.2. The van der Waals surface area contributed by atoms with Crippen molar-refractivity contribution in [3.05, 3.63) is 84.4 Å². The Bertz CT molecular complexity index is 867. The minimum atomic E-state index is -0.398. The number of carbonyl (C=O) groups is 1. The summed E-state index contributed by atoms with van der Waals surface area (Å²) in [5, 5.41) is 2.58. The molecule has 3 aromatic rings. The smallest absolute Gasteiger partial charge is 0.242 e. The third-order valence-corrected chi connectivity index (χ3v) is 5.11. The Morgan fingerprint density at radius 1 is 0.962 bits per heavy atom. The Hall–Kier alpha value is -2.92. The number of hydrogen-bond donors (Lipinski definition) is 2. The maximum Gasteiger partial charge on any atom is 0.242 e. The number of benzene rings is 3. The van der Waals surface area contributed by atoms with Gasteiger partial charge < -0.3 is 15.8 Å². The molecule has 0 aromatic heterocycles. The third-order valence-electron chi connectivity index (χ3n) is 3.84. The molecule has 3 aromatic carbocycles. The number of amides is 1. The Kier molecular flexibility index (Phi) is 5.81. The molecule has 0 bridgehead atoms. The maximum absolute atomic E-state index is 13.0. The average Bonchev–Trinajstić information content (AvgIpc) is 2.68. The van der Waals surface area contributed by atoms with E-state index in [0.29, 0.717) is 17.1 Å². The number of thioether (sulfide) groups is 1. The molecule has 1 amide bonds. The molecular weight excluding hydrogens is 344 g/mol. The van der Waals surface area contributed by atoms with Crippen molar-refractivity contribution in [2.75, 3.05) is 18.2 Å². The lowest BCUT2D eigenvalue weighted by Gasteiger charge is -2.18. The fourth-order valence-electron chi connectivity index (χ4n) is 2.53. The van der Waals surface area contributed by atoms with Gasteiger partial charge in [-0.1, -0.05) is 42.5 Å². The lowest BCUT2D eigenvalue weighted by Crippen LogP contribution is -2.19. The Morgan fingerprint density at radius 2 is 1.62 bits per heavy atom. The van der Waals surface area contributed by atoms with Gasteiger partial charge in [-0.3, -0.25) is 4.79 Å². The lowest BCUT2D eigenvalue weighted by atomic mass is 10.1. The largest absolute Gasteiger partial charge is 0.495 e. The van der Waals surface area contributed by atoms with Crippen LogP contribution in [0.2, 0.25) is 0 Å². The van der Waals surface area contributed by atoms with Gasteiger partial charge in [0.25, 0.3) is 0 Å². The third kappa shape index (κ3) is 4.37. The first kappa shape index (κ1) is 17.9. The van der Waals surface area contributed by atoms with Crippen molar-refractivity contribution in [2.45, 2.75) is 10.1 Å². The Morgan fingerprint density at radius 3 is 2.31 bits per heavy atom. The number of para-hydroxylation sites is 2. The van der Waals surface area contributed by atoms with Gasteiger partial charge in [-0.05, 0) is 42.0 Å². The van der Waals surface area contributed by atoms with Crippen molar-refractivity contribution < 1.29 is 9.53 Å². The van der Waals surface area contributed by atoms with E-state index >= 15 is 0 Å². The van der Waals surface area contributed by atoms with Crippen LogP contribution in [-0.2, 0) is 4.79 Å². The number of carbonyl (C=O) groups excluding carboxylic acids is 1. The predicted molar refractivity (Wildman–Crippen MR) is 108 cm³/mol. The number of nitrogens with one attached hydrogen (secondary N) is 1. The van der Waals surface area contributed by atoms with Crippen molar-refractivity contribution in [2.24, 2.45) is 0 Å². The lowest BCUT2D eigenvalue weighted by molar-refractivity contribution is -0.115. The molecule has 0 aliphatic heterocycles. The van der Waals surface area contributed by atoms with E-state index in [1.165, 1.54) is 11.8 Å². The molecule has 0 aliphatic rings. The van der Waals surface area contributed by atoms with Gasteiger partial charge in [-0.15, -0.1) is 11.8 Å². The number of nitrogen functional groups attached to an aromatic ring is 1. The van der Waals surface area contributed by atoms with Crippen LogP contribution in [0.4, 0.5) is 11.4 Å². The molecule has 0 saturated heterocycles. The molecule has 1 unspecified atom stereocenters. The number of nitrogens with two attached hydrogens (primary N) is 1. The van der Waals surface area contributed by atoms with E-state index in [-0.39, 0.29) is 5.91 Å². The second-order valence-electron chi connectivity index (χ2n) is 5.67. The van der Waals surface area contributed by atoms with Crippen LogP contribution in [0.5, 0.6) is 5.75 Å². The second-order valence-corrected chi connectivity index (χ2v) is 6.85. The van der Waals surface area contributed by atoms with Crippen molar-refractivity contribution >= 4 is 29.0 Å². The topological polar surface area (TPSA) is 64.3 Å². The van der Waals surface area contributed by atoms with E-state index in [4.69, 9.17) is 10.5 Å². The number of rotatable bonds is 6. The molecule has 3 rings (SSSR count). The number of anilines is 2. The first-order chi connectivity index (χ1) is 12.7. The summed E-state index contributed by atoms with van der Waals surface area (Å²) >= 11 is 1.48. The molecule has 5 heteroatoms. The molecule has 3 N–H and O–H groups in total. The van der Waals surface area contributed by atoms with E-state index in [9.17, 15) is 4.79 Å². The van der Waals surface area contributed by atoms with Gasteiger partial charge in [0.2, 0.25) is 5.91 Å². The summed E-state index contributed by atoms with van der Waals surface area (Å²) in [4.78, 5) is 14.0. The van der Waals surface area contributed by atoms with Crippen LogP contribution in [0.1, 0.15) is 10.8 Å². The van der Waals surface area contributed by atoms with Crippen LogP contribution >= 0.6 is 11.8 Å². The predicted octanol–water partition coefficient (Wildman–Crippen LogP) is 4.75. The maximum atomic E-state index is 13.0. The fraction of sp³-hybridized carbons (Fsp3) is 0.0952. The van der Waals surface area contributed by atoms with Gasteiger partial charge >= 0.3 is 0 Å². The number of ether oxygens (including phenoxy) is 1. The highest BCUT2D eigenvalue weighted by Gasteiger charge is 2.23. The van der Waals surface area contributed by atoms with Crippen LogP contribution in [0, 0.1) is 0 Å². The molecule has 1 atom stereocenters. The summed E-state index contributed by atoms with van der Waals surface area (Å²) in [7, 11) is 1.59. The van der Waals surface area contributed by atoms with Gasteiger partial charge in [0.15, 0.2) is 0 Å². The molecular formula is C21H20N2O2S. The molecule has 0 heterocycles. The first-order valence-electron chi connectivity index (χ1n) is 8.18. The van der Waals surface area contributed by atoms with Crippen LogP contribution in [0.3, 0.4) is 0 Å². The van der Waals surface area contributed by atoms with Gasteiger partial charge in [0.1, 0.15) is 11.0 Å². The van der Waals surface area contributed by atoms with Crippen LogP contribution < -0.4 is 15.8 Å².